The van der Waals surface area contributed by atoms with Gasteiger partial charge in [0, 0.05) is 32.5 Å². The molecule has 0 bridgehead atoms. The lowest BCUT2D eigenvalue weighted by atomic mass is 10.1. The highest BCUT2D eigenvalue weighted by molar-refractivity contribution is 5.92. The highest BCUT2D eigenvalue weighted by atomic mass is 16.6. The van der Waals surface area contributed by atoms with Gasteiger partial charge < -0.3 is 9.80 Å². The van der Waals surface area contributed by atoms with Crippen LogP contribution in [0.25, 0.3) is 0 Å². The Morgan fingerprint density at radius 1 is 1.35 bits per heavy atom. The van der Waals surface area contributed by atoms with E-state index in [1.165, 1.54) is 32.4 Å². The number of carbonyl (C=O) groups excluding carboxylic acids is 1. The third-order valence-electron chi connectivity index (χ3n) is 4.42. The first-order valence-electron chi connectivity index (χ1n) is 7.64. The zero-order valence-corrected chi connectivity index (χ0v) is 12.2. The largest absolute Gasteiger partial charge is 0.345 e. The van der Waals surface area contributed by atoms with Gasteiger partial charge >= 0.3 is 0 Å². The monoisotopic (exact) mass is 280 g/mol. The fourth-order valence-corrected chi connectivity index (χ4v) is 3.24. The van der Waals surface area contributed by atoms with Gasteiger partial charge in [-0.3, -0.25) is 20.1 Å². The van der Waals surface area contributed by atoms with Gasteiger partial charge in [-0.05, 0) is 25.9 Å². The zero-order chi connectivity index (χ0) is 13.9. The van der Waals surface area contributed by atoms with Gasteiger partial charge in [0.1, 0.15) is 5.84 Å². The standard InChI is InChI=1S/C14H24N4O2/c1-17-8-11(7-13(17)19)14-15-12(10-20-16-14)9-18-5-3-2-4-6-18/h11-12H,2-10H2,1H3,(H,15,16). The summed E-state index contributed by atoms with van der Waals surface area (Å²) in [5, 5.41) is 0. The Balaban J connectivity index is 1.59. The first-order valence-corrected chi connectivity index (χ1v) is 7.64. The quantitative estimate of drug-likeness (QED) is 0.805. The first kappa shape index (κ1) is 13.8. The number of amides is 1. The van der Waals surface area contributed by atoms with E-state index in [4.69, 9.17) is 9.83 Å². The van der Waals surface area contributed by atoms with Crippen molar-refractivity contribution >= 4 is 11.7 Å². The summed E-state index contributed by atoms with van der Waals surface area (Å²) < 4.78 is 0. The summed E-state index contributed by atoms with van der Waals surface area (Å²) in [6.07, 6.45) is 4.49. The molecule has 0 aromatic rings. The number of rotatable bonds is 3. The van der Waals surface area contributed by atoms with Gasteiger partial charge in [-0.15, -0.1) is 0 Å². The second kappa shape index (κ2) is 6.10. The molecule has 6 heteroatoms. The molecule has 2 unspecified atom stereocenters. The van der Waals surface area contributed by atoms with Crippen molar-refractivity contribution in [1.29, 1.82) is 0 Å². The van der Waals surface area contributed by atoms with Gasteiger partial charge in [0.2, 0.25) is 5.91 Å². The number of carbonyl (C=O) groups is 1. The van der Waals surface area contributed by atoms with E-state index < -0.39 is 0 Å². The van der Waals surface area contributed by atoms with Crippen molar-refractivity contribution in [3.05, 3.63) is 0 Å². The number of likely N-dealkylation sites (tertiary alicyclic amines) is 2. The minimum absolute atomic E-state index is 0.164. The summed E-state index contributed by atoms with van der Waals surface area (Å²) in [7, 11) is 1.85. The number of nitrogens with one attached hydrogen (secondary N) is 1. The molecule has 3 rings (SSSR count). The Kier molecular flexibility index (Phi) is 4.21. The van der Waals surface area contributed by atoms with Gasteiger partial charge in [0.15, 0.2) is 0 Å². The highest BCUT2D eigenvalue weighted by Crippen LogP contribution is 2.19. The maximum Gasteiger partial charge on any atom is 0.223 e. The lowest BCUT2D eigenvalue weighted by Gasteiger charge is -2.31. The summed E-state index contributed by atoms with van der Waals surface area (Å²) in [4.78, 5) is 26.1. The van der Waals surface area contributed by atoms with Crippen LogP contribution in [0.5, 0.6) is 0 Å². The molecule has 0 saturated carbocycles. The van der Waals surface area contributed by atoms with Crippen molar-refractivity contribution < 1.29 is 9.63 Å². The lowest BCUT2D eigenvalue weighted by molar-refractivity contribution is -0.126. The molecule has 3 aliphatic heterocycles. The number of hydrogen-bond acceptors (Lipinski definition) is 5. The molecule has 1 N–H and O–H groups in total. The van der Waals surface area contributed by atoms with Crippen LogP contribution in [-0.2, 0) is 9.63 Å². The van der Waals surface area contributed by atoms with E-state index in [2.05, 4.69) is 10.4 Å². The molecule has 0 aliphatic carbocycles. The maximum atomic E-state index is 11.6. The van der Waals surface area contributed by atoms with Gasteiger partial charge in [0.25, 0.3) is 0 Å². The van der Waals surface area contributed by atoms with Crippen LogP contribution >= 0.6 is 0 Å². The van der Waals surface area contributed by atoms with E-state index in [-0.39, 0.29) is 17.9 Å². The smallest absolute Gasteiger partial charge is 0.223 e. The second-order valence-corrected chi connectivity index (χ2v) is 6.12. The Bertz CT molecular complexity index is 393. The predicted molar refractivity (Wildman–Crippen MR) is 76.3 cm³/mol. The van der Waals surface area contributed by atoms with Crippen molar-refractivity contribution in [1.82, 2.24) is 15.3 Å². The Labute approximate surface area is 120 Å². The van der Waals surface area contributed by atoms with E-state index in [0.717, 1.165) is 18.9 Å². The third-order valence-corrected chi connectivity index (χ3v) is 4.42. The molecular formula is C14H24N4O2. The van der Waals surface area contributed by atoms with Crippen molar-refractivity contribution in [2.75, 3.05) is 39.8 Å². The topological polar surface area (TPSA) is 57.2 Å². The number of amidine groups is 1. The van der Waals surface area contributed by atoms with Crippen LogP contribution in [-0.4, -0.2) is 67.4 Å². The average molecular weight is 280 g/mol. The normalized spacial score (nSPS) is 32.1. The van der Waals surface area contributed by atoms with Crippen molar-refractivity contribution in [3.63, 3.8) is 0 Å². The Hall–Kier alpha value is -1.14. The Morgan fingerprint density at radius 2 is 2.15 bits per heavy atom. The first-order chi connectivity index (χ1) is 9.72. The molecule has 3 heterocycles. The molecule has 0 aromatic carbocycles. The molecule has 2 fully saturated rings. The number of piperidine rings is 1. The minimum Gasteiger partial charge on any atom is -0.345 e. The van der Waals surface area contributed by atoms with Crippen LogP contribution in [0.15, 0.2) is 4.99 Å². The summed E-state index contributed by atoms with van der Waals surface area (Å²) in [5.74, 6) is 1.21. The summed E-state index contributed by atoms with van der Waals surface area (Å²) >= 11 is 0. The fourth-order valence-electron chi connectivity index (χ4n) is 3.24. The third kappa shape index (κ3) is 3.12. The summed E-state index contributed by atoms with van der Waals surface area (Å²) in [5.41, 5.74) is 2.92. The van der Waals surface area contributed by atoms with Crippen LogP contribution in [0, 0.1) is 5.92 Å². The number of nitrogens with zero attached hydrogens (tertiary/aromatic N) is 3. The highest BCUT2D eigenvalue weighted by Gasteiger charge is 2.33. The Morgan fingerprint density at radius 3 is 2.85 bits per heavy atom. The molecule has 2 saturated heterocycles. The van der Waals surface area contributed by atoms with E-state index in [0.29, 0.717) is 13.0 Å². The number of aliphatic imine (C=N–C) groups is 1. The zero-order valence-electron chi connectivity index (χ0n) is 12.2. The van der Waals surface area contributed by atoms with Crippen LogP contribution in [0.4, 0.5) is 0 Å². The number of hydroxylamine groups is 1. The van der Waals surface area contributed by atoms with E-state index >= 15 is 0 Å². The molecule has 2 atom stereocenters. The van der Waals surface area contributed by atoms with Crippen LogP contribution < -0.4 is 5.48 Å². The molecule has 1 amide bonds. The van der Waals surface area contributed by atoms with Crippen LogP contribution in [0.2, 0.25) is 0 Å². The second-order valence-electron chi connectivity index (χ2n) is 6.12. The van der Waals surface area contributed by atoms with Gasteiger partial charge in [-0.2, -0.15) is 0 Å². The van der Waals surface area contributed by atoms with Gasteiger partial charge in [0.05, 0.1) is 12.6 Å². The molecule has 112 valence electrons. The summed E-state index contributed by atoms with van der Waals surface area (Å²) in [6, 6.07) is 0.199. The molecule has 0 aromatic heterocycles. The van der Waals surface area contributed by atoms with Crippen LogP contribution in [0.1, 0.15) is 25.7 Å². The van der Waals surface area contributed by atoms with Gasteiger partial charge in [-0.25, -0.2) is 0 Å². The van der Waals surface area contributed by atoms with E-state index in [1.807, 2.05) is 7.05 Å². The SMILES string of the molecule is CN1CC(C2=NC(CN3CCCCC3)CON2)CC1=O. The summed E-state index contributed by atoms with van der Waals surface area (Å²) in [6.45, 7) is 4.70. The molecule has 0 spiro atoms. The fraction of sp³-hybridized carbons (Fsp3) is 0.857. The molecular weight excluding hydrogens is 256 g/mol. The lowest BCUT2D eigenvalue weighted by Crippen LogP contribution is -2.45. The average Bonchev–Trinajstić information content (AvgIpc) is 2.80. The number of hydrogen-bond donors (Lipinski definition) is 1. The van der Waals surface area contributed by atoms with Crippen molar-refractivity contribution in [3.8, 4) is 0 Å². The van der Waals surface area contributed by atoms with E-state index in [9.17, 15) is 4.79 Å². The predicted octanol–water partition coefficient (Wildman–Crippen LogP) is 0.253. The van der Waals surface area contributed by atoms with Gasteiger partial charge in [-0.1, -0.05) is 6.42 Å². The minimum atomic E-state index is 0.164. The van der Waals surface area contributed by atoms with Crippen molar-refractivity contribution in [2.45, 2.75) is 31.7 Å². The van der Waals surface area contributed by atoms with Crippen LogP contribution in [0.3, 0.4) is 0 Å². The van der Waals surface area contributed by atoms with Crippen molar-refractivity contribution in [2.24, 2.45) is 10.9 Å². The molecule has 6 nitrogen and oxygen atoms in total. The molecule has 3 aliphatic rings. The van der Waals surface area contributed by atoms with E-state index in [1.54, 1.807) is 4.90 Å². The molecule has 20 heavy (non-hydrogen) atoms. The molecule has 0 radical (unpaired) electrons. The maximum absolute atomic E-state index is 11.6.